The Morgan fingerprint density at radius 2 is 2.13 bits per heavy atom. The minimum Gasteiger partial charge on any atom is -0.481 e. The van der Waals surface area contributed by atoms with E-state index in [1.54, 1.807) is 11.6 Å². The molecule has 1 heterocycles. The molecule has 0 aliphatic heterocycles. The lowest BCUT2D eigenvalue weighted by molar-refractivity contribution is -0.141. The Morgan fingerprint density at radius 1 is 1.53 bits per heavy atom. The maximum atomic E-state index is 10.8. The molecule has 0 radical (unpaired) electrons. The van der Waals surface area contributed by atoms with E-state index in [1.807, 2.05) is 13.2 Å². The molecule has 0 saturated carbocycles. The fourth-order valence-corrected chi connectivity index (χ4v) is 1.59. The summed E-state index contributed by atoms with van der Waals surface area (Å²) in [5.74, 6) is -0.737. The van der Waals surface area contributed by atoms with Gasteiger partial charge < -0.3 is 5.11 Å². The van der Waals surface area contributed by atoms with E-state index in [-0.39, 0.29) is 5.92 Å². The summed E-state index contributed by atoms with van der Waals surface area (Å²) in [7, 11) is 1.86. The topological polar surface area (TPSA) is 55.1 Å². The lowest BCUT2D eigenvalue weighted by Gasteiger charge is -2.11. The lowest BCUT2D eigenvalue weighted by atomic mass is 9.97. The summed E-state index contributed by atoms with van der Waals surface area (Å²) < 4.78 is 1.77. The van der Waals surface area contributed by atoms with Gasteiger partial charge in [0.15, 0.2) is 0 Å². The second kappa shape index (κ2) is 4.47. The molecule has 15 heavy (non-hydrogen) atoms. The molecule has 0 amide bonds. The SMILES string of the molecule is CC(Cc1c(C(C)C)cnn1C)C(=O)O. The average Bonchev–Trinajstić information content (AvgIpc) is 2.48. The van der Waals surface area contributed by atoms with Crippen LogP contribution in [0.1, 0.15) is 37.9 Å². The van der Waals surface area contributed by atoms with Crippen molar-refractivity contribution in [2.24, 2.45) is 13.0 Å². The van der Waals surface area contributed by atoms with Crippen LogP contribution in [0.4, 0.5) is 0 Å². The van der Waals surface area contributed by atoms with Crippen LogP contribution in [0.2, 0.25) is 0 Å². The lowest BCUT2D eigenvalue weighted by Crippen LogP contribution is -2.15. The van der Waals surface area contributed by atoms with Crippen LogP contribution < -0.4 is 0 Å². The van der Waals surface area contributed by atoms with Gasteiger partial charge in [0, 0.05) is 19.2 Å². The number of hydrogen-bond acceptors (Lipinski definition) is 2. The standard InChI is InChI=1S/C11H18N2O2/c1-7(2)9-6-12-13(4)10(9)5-8(3)11(14)15/h6-8H,5H2,1-4H3,(H,14,15). The Bertz CT molecular complexity index is 355. The van der Waals surface area contributed by atoms with Gasteiger partial charge in [-0.3, -0.25) is 9.48 Å². The van der Waals surface area contributed by atoms with Gasteiger partial charge in [-0.05, 0) is 11.5 Å². The van der Waals surface area contributed by atoms with E-state index < -0.39 is 5.97 Å². The van der Waals surface area contributed by atoms with E-state index in [1.165, 1.54) is 0 Å². The van der Waals surface area contributed by atoms with Crippen molar-refractivity contribution in [1.82, 2.24) is 9.78 Å². The minimum atomic E-state index is -0.758. The monoisotopic (exact) mass is 210 g/mol. The molecule has 4 heteroatoms. The number of rotatable bonds is 4. The Balaban J connectivity index is 2.92. The number of aryl methyl sites for hydroxylation is 1. The molecule has 1 unspecified atom stereocenters. The fourth-order valence-electron chi connectivity index (χ4n) is 1.59. The minimum absolute atomic E-state index is 0.363. The highest BCUT2D eigenvalue weighted by Gasteiger charge is 2.18. The first-order valence-electron chi connectivity index (χ1n) is 5.17. The van der Waals surface area contributed by atoms with Crippen LogP contribution in [0.3, 0.4) is 0 Å². The molecule has 0 saturated heterocycles. The molecule has 1 atom stereocenters. The van der Waals surface area contributed by atoms with Crippen LogP contribution in [-0.4, -0.2) is 20.9 Å². The van der Waals surface area contributed by atoms with Crippen LogP contribution in [0, 0.1) is 5.92 Å². The third-order valence-electron chi connectivity index (χ3n) is 2.64. The Morgan fingerprint density at radius 3 is 2.60 bits per heavy atom. The van der Waals surface area contributed by atoms with E-state index >= 15 is 0 Å². The first-order valence-corrected chi connectivity index (χ1v) is 5.17. The number of aliphatic carboxylic acids is 1. The summed E-state index contributed by atoms with van der Waals surface area (Å²) in [5, 5.41) is 13.0. The zero-order chi connectivity index (χ0) is 11.6. The van der Waals surface area contributed by atoms with E-state index in [0.29, 0.717) is 12.3 Å². The van der Waals surface area contributed by atoms with Crippen molar-refractivity contribution in [2.75, 3.05) is 0 Å². The zero-order valence-electron chi connectivity index (χ0n) is 9.69. The van der Waals surface area contributed by atoms with Gasteiger partial charge in [0.25, 0.3) is 0 Å². The van der Waals surface area contributed by atoms with Crippen molar-refractivity contribution < 1.29 is 9.90 Å². The van der Waals surface area contributed by atoms with Crippen LogP contribution in [-0.2, 0) is 18.3 Å². The predicted molar refractivity (Wildman–Crippen MR) is 57.8 cm³/mol. The Hall–Kier alpha value is -1.32. The highest BCUT2D eigenvalue weighted by molar-refractivity contribution is 5.69. The molecule has 0 fully saturated rings. The molecule has 4 nitrogen and oxygen atoms in total. The summed E-state index contributed by atoms with van der Waals surface area (Å²) in [5.41, 5.74) is 2.17. The van der Waals surface area contributed by atoms with E-state index in [0.717, 1.165) is 11.3 Å². The van der Waals surface area contributed by atoms with E-state index in [9.17, 15) is 4.79 Å². The van der Waals surface area contributed by atoms with E-state index in [2.05, 4.69) is 18.9 Å². The summed E-state index contributed by atoms with van der Waals surface area (Å²) in [6.45, 7) is 5.90. The number of aromatic nitrogens is 2. The molecule has 0 aliphatic rings. The molecule has 0 bridgehead atoms. The molecule has 0 aromatic carbocycles. The van der Waals surface area contributed by atoms with Gasteiger partial charge in [-0.15, -0.1) is 0 Å². The molecule has 0 aliphatic carbocycles. The Labute approximate surface area is 89.9 Å². The summed E-state index contributed by atoms with van der Waals surface area (Å²) in [6, 6.07) is 0. The van der Waals surface area contributed by atoms with Crippen molar-refractivity contribution >= 4 is 5.97 Å². The number of carboxylic acid groups (broad SMARTS) is 1. The highest BCUT2D eigenvalue weighted by Crippen LogP contribution is 2.21. The number of hydrogen-bond donors (Lipinski definition) is 1. The normalized spacial score (nSPS) is 13.1. The molecule has 0 spiro atoms. The molecule has 1 aromatic rings. The molecule has 1 rings (SSSR count). The van der Waals surface area contributed by atoms with Gasteiger partial charge in [-0.2, -0.15) is 5.10 Å². The van der Waals surface area contributed by atoms with Gasteiger partial charge in [0.1, 0.15) is 0 Å². The number of carbonyl (C=O) groups is 1. The van der Waals surface area contributed by atoms with Crippen LogP contribution in [0.25, 0.3) is 0 Å². The van der Waals surface area contributed by atoms with Crippen molar-refractivity contribution in [1.29, 1.82) is 0 Å². The van der Waals surface area contributed by atoms with Crippen molar-refractivity contribution in [3.8, 4) is 0 Å². The van der Waals surface area contributed by atoms with Crippen molar-refractivity contribution in [3.05, 3.63) is 17.5 Å². The maximum Gasteiger partial charge on any atom is 0.306 e. The van der Waals surface area contributed by atoms with Crippen LogP contribution >= 0.6 is 0 Å². The fraction of sp³-hybridized carbons (Fsp3) is 0.636. The summed E-state index contributed by atoms with van der Waals surface area (Å²) >= 11 is 0. The molecular formula is C11H18N2O2. The summed E-state index contributed by atoms with van der Waals surface area (Å²) in [4.78, 5) is 10.8. The number of nitrogens with zero attached hydrogens (tertiary/aromatic N) is 2. The first kappa shape index (κ1) is 11.8. The Kier molecular flexibility index (Phi) is 3.50. The van der Waals surface area contributed by atoms with Gasteiger partial charge in [0.2, 0.25) is 0 Å². The smallest absolute Gasteiger partial charge is 0.306 e. The second-order valence-corrected chi connectivity index (χ2v) is 4.27. The van der Waals surface area contributed by atoms with Crippen LogP contribution in [0.15, 0.2) is 6.20 Å². The first-order chi connectivity index (χ1) is 6.93. The van der Waals surface area contributed by atoms with Gasteiger partial charge in [0.05, 0.1) is 12.1 Å². The summed E-state index contributed by atoms with van der Waals surface area (Å²) in [6.07, 6.45) is 2.37. The third kappa shape index (κ3) is 2.58. The molecule has 1 N–H and O–H groups in total. The maximum absolute atomic E-state index is 10.8. The largest absolute Gasteiger partial charge is 0.481 e. The quantitative estimate of drug-likeness (QED) is 0.824. The highest BCUT2D eigenvalue weighted by atomic mass is 16.4. The van der Waals surface area contributed by atoms with E-state index in [4.69, 9.17) is 5.11 Å². The molecule has 84 valence electrons. The average molecular weight is 210 g/mol. The third-order valence-corrected chi connectivity index (χ3v) is 2.64. The van der Waals surface area contributed by atoms with Crippen molar-refractivity contribution in [3.63, 3.8) is 0 Å². The number of carboxylic acids is 1. The van der Waals surface area contributed by atoms with Crippen molar-refractivity contribution in [2.45, 2.75) is 33.1 Å². The van der Waals surface area contributed by atoms with Gasteiger partial charge >= 0.3 is 5.97 Å². The molecular weight excluding hydrogens is 192 g/mol. The van der Waals surface area contributed by atoms with Crippen LogP contribution in [0.5, 0.6) is 0 Å². The van der Waals surface area contributed by atoms with Gasteiger partial charge in [-0.1, -0.05) is 20.8 Å². The van der Waals surface area contributed by atoms with Gasteiger partial charge in [-0.25, -0.2) is 0 Å². The molecule has 1 aromatic heterocycles. The predicted octanol–water partition coefficient (Wildman–Crippen LogP) is 1.81. The second-order valence-electron chi connectivity index (χ2n) is 4.27. The zero-order valence-corrected chi connectivity index (χ0v) is 9.69.